The highest BCUT2D eigenvalue weighted by Gasteiger charge is 2.21. The maximum Gasteiger partial charge on any atom is 0.307 e. The van der Waals surface area contributed by atoms with E-state index in [-0.39, 0.29) is 6.42 Å². The van der Waals surface area contributed by atoms with E-state index >= 15 is 0 Å². The van der Waals surface area contributed by atoms with Gasteiger partial charge in [-0.1, -0.05) is 31.4 Å². The highest BCUT2D eigenvalue weighted by molar-refractivity contribution is 5.70. The highest BCUT2D eigenvalue weighted by Crippen LogP contribution is 2.33. The number of hydrogen-bond acceptors (Lipinski definition) is 4. The van der Waals surface area contributed by atoms with Crippen molar-refractivity contribution in [2.45, 2.75) is 57.8 Å². The number of nitrogens with zero attached hydrogens (tertiary/aromatic N) is 1. The Hall–Kier alpha value is -2.30. The fraction of sp³-hybridized carbons (Fsp3) is 0.500. The minimum atomic E-state index is -0.842. The first-order valence-corrected chi connectivity index (χ1v) is 9.01. The maximum absolute atomic E-state index is 10.8. The van der Waals surface area contributed by atoms with E-state index in [9.17, 15) is 4.79 Å². The second kappa shape index (κ2) is 8.19. The predicted molar refractivity (Wildman–Crippen MR) is 94.0 cm³/mol. The summed E-state index contributed by atoms with van der Waals surface area (Å²) in [5.41, 5.74) is 1.70. The van der Waals surface area contributed by atoms with Crippen molar-refractivity contribution in [1.82, 2.24) is 4.98 Å². The number of oxazole rings is 1. The molecule has 0 spiro atoms. The van der Waals surface area contributed by atoms with E-state index in [1.807, 2.05) is 19.1 Å². The van der Waals surface area contributed by atoms with E-state index in [2.05, 4.69) is 0 Å². The maximum atomic E-state index is 10.8. The molecule has 1 saturated carbocycles. The molecule has 2 aromatic rings. The van der Waals surface area contributed by atoms with E-state index in [1.54, 1.807) is 12.1 Å². The SMILES string of the molecule is Cc1oc(C2CCCCC2)nc1CCOc1cccc(CC(=O)O)c1. The summed E-state index contributed by atoms with van der Waals surface area (Å²) in [5.74, 6) is 2.08. The molecule has 1 heterocycles. The number of hydrogen-bond donors (Lipinski definition) is 1. The number of rotatable bonds is 7. The Morgan fingerprint density at radius 3 is 2.88 bits per heavy atom. The van der Waals surface area contributed by atoms with Crippen LogP contribution in [0.4, 0.5) is 0 Å². The van der Waals surface area contributed by atoms with Crippen LogP contribution >= 0.6 is 0 Å². The number of ether oxygens (including phenoxy) is 1. The molecule has 0 amide bonds. The zero-order chi connectivity index (χ0) is 17.6. The van der Waals surface area contributed by atoms with Crippen molar-refractivity contribution >= 4 is 5.97 Å². The second-order valence-corrected chi connectivity index (χ2v) is 6.71. The van der Waals surface area contributed by atoms with Crippen LogP contribution in [-0.2, 0) is 17.6 Å². The molecule has 0 radical (unpaired) electrons. The van der Waals surface area contributed by atoms with Crippen LogP contribution in [0.25, 0.3) is 0 Å². The van der Waals surface area contributed by atoms with Crippen molar-refractivity contribution in [3.05, 3.63) is 47.2 Å². The molecule has 1 N–H and O–H groups in total. The topological polar surface area (TPSA) is 72.6 Å². The summed E-state index contributed by atoms with van der Waals surface area (Å²) < 4.78 is 11.7. The summed E-state index contributed by atoms with van der Waals surface area (Å²) in [4.78, 5) is 15.5. The lowest BCUT2D eigenvalue weighted by Crippen LogP contribution is -2.06. The first-order chi connectivity index (χ1) is 12.1. The number of aliphatic carboxylic acids is 1. The molecule has 5 nitrogen and oxygen atoms in total. The third-order valence-corrected chi connectivity index (χ3v) is 4.73. The smallest absolute Gasteiger partial charge is 0.307 e. The second-order valence-electron chi connectivity index (χ2n) is 6.71. The van der Waals surface area contributed by atoms with Crippen LogP contribution in [-0.4, -0.2) is 22.7 Å². The molecule has 25 heavy (non-hydrogen) atoms. The molecular formula is C20H25NO4. The zero-order valence-electron chi connectivity index (χ0n) is 14.7. The third kappa shape index (κ3) is 4.84. The molecule has 0 aliphatic heterocycles. The first kappa shape index (κ1) is 17.5. The normalized spacial score (nSPS) is 15.2. The van der Waals surface area contributed by atoms with E-state index in [0.29, 0.717) is 24.7 Å². The fourth-order valence-electron chi connectivity index (χ4n) is 3.39. The minimum absolute atomic E-state index is 0.00431. The molecule has 0 saturated heterocycles. The van der Waals surface area contributed by atoms with Gasteiger partial charge >= 0.3 is 5.97 Å². The summed E-state index contributed by atoms with van der Waals surface area (Å²) in [6, 6.07) is 7.22. The third-order valence-electron chi connectivity index (χ3n) is 4.73. The lowest BCUT2D eigenvalue weighted by molar-refractivity contribution is -0.136. The lowest BCUT2D eigenvalue weighted by atomic mass is 9.89. The van der Waals surface area contributed by atoms with Crippen molar-refractivity contribution < 1.29 is 19.1 Å². The molecule has 1 aliphatic rings. The van der Waals surface area contributed by atoms with Crippen LogP contribution in [0.5, 0.6) is 5.75 Å². The van der Waals surface area contributed by atoms with Crippen LogP contribution in [0.1, 0.15) is 60.9 Å². The Morgan fingerprint density at radius 2 is 2.12 bits per heavy atom. The quantitative estimate of drug-likeness (QED) is 0.812. The largest absolute Gasteiger partial charge is 0.493 e. The van der Waals surface area contributed by atoms with Gasteiger partial charge in [0.05, 0.1) is 18.7 Å². The number of carboxylic acids is 1. The first-order valence-electron chi connectivity index (χ1n) is 9.01. The van der Waals surface area contributed by atoms with Gasteiger partial charge in [-0.3, -0.25) is 4.79 Å². The van der Waals surface area contributed by atoms with Gasteiger partial charge in [-0.15, -0.1) is 0 Å². The summed E-state index contributed by atoms with van der Waals surface area (Å²) in [7, 11) is 0. The Kier molecular flexibility index (Phi) is 5.74. The van der Waals surface area contributed by atoms with Crippen LogP contribution in [0.3, 0.4) is 0 Å². The van der Waals surface area contributed by atoms with Gasteiger partial charge in [-0.2, -0.15) is 0 Å². The van der Waals surface area contributed by atoms with Crippen molar-refractivity contribution in [2.75, 3.05) is 6.61 Å². The minimum Gasteiger partial charge on any atom is -0.493 e. The standard InChI is InChI=1S/C20H25NO4/c1-14-18(21-20(25-14)16-7-3-2-4-8-16)10-11-24-17-9-5-6-15(12-17)13-19(22)23/h5-6,9,12,16H,2-4,7-8,10-11,13H2,1H3,(H,22,23). The number of carboxylic acid groups (broad SMARTS) is 1. The fourth-order valence-corrected chi connectivity index (χ4v) is 3.39. The molecule has 0 unspecified atom stereocenters. The van der Waals surface area contributed by atoms with Crippen molar-refractivity contribution in [2.24, 2.45) is 0 Å². The Balaban J connectivity index is 1.55. The molecule has 134 valence electrons. The molecule has 5 heteroatoms. The van der Waals surface area contributed by atoms with Gasteiger partial charge in [0.25, 0.3) is 0 Å². The Morgan fingerprint density at radius 1 is 1.32 bits per heavy atom. The van der Waals surface area contributed by atoms with Gasteiger partial charge in [0.15, 0.2) is 5.89 Å². The molecule has 1 aliphatic carbocycles. The van der Waals surface area contributed by atoms with Gasteiger partial charge in [0.1, 0.15) is 11.5 Å². The van der Waals surface area contributed by atoms with E-state index < -0.39 is 5.97 Å². The van der Waals surface area contributed by atoms with Gasteiger partial charge in [-0.25, -0.2) is 4.98 Å². The van der Waals surface area contributed by atoms with Crippen molar-refractivity contribution in [3.63, 3.8) is 0 Å². The molecule has 1 aromatic carbocycles. The van der Waals surface area contributed by atoms with Crippen molar-refractivity contribution in [3.8, 4) is 5.75 Å². The van der Waals surface area contributed by atoms with Crippen molar-refractivity contribution in [1.29, 1.82) is 0 Å². The molecular weight excluding hydrogens is 318 g/mol. The highest BCUT2D eigenvalue weighted by atomic mass is 16.5. The van der Waals surface area contributed by atoms with Crippen LogP contribution < -0.4 is 4.74 Å². The van der Waals surface area contributed by atoms with E-state index in [4.69, 9.17) is 19.2 Å². The number of carbonyl (C=O) groups is 1. The zero-order valence-corrected chi connectivity index (χ0v) is 14.7. The van der Waals surface area contributed by atoms with Crippen LogP contribution in [0.15, 0.2) is 28.7 Å². The van der Waals surface area contributed by atoms with Gasteiger partial charge < -0.3 is 14.3 Å². The molecule has 3 rings (SSSR count). The summed E-state index contributed by atoms with van der Waals surface area (Å²) in [5, 5.41) is 8.86. The molecule has 1 fully saturated rings. The van der Waals surface area contributed by atoms with Crippen LogP contribution in [0, 0.1) is 6.92 Å². The van der Waals surface area contributed by atoms with E-state index in [0.717, 1.165) is 22.9 Å². The summed E-state index contributed by atoms with van der Waals surface area (Å²) in [6.07, 6.45) is 6.88. The van der Waals surface area contributed by atoms with Gasteiger partial charge in [0.2, 0.25) is 0 Å². The average Bonchev–Trinajstić information content (AvgIpc) is 2.96. The Labute approximate surface area is 148 Å². The lowest BCUT2D eigenvalue weighted by Gasteiger charge is -2.17. The summed E-state index contributed by atoms with van der Waals surface area (Å²) >= 11 is 0. The number of aryl methyl sites for hydroxylation is 1. The Bertz CT molecular complexity index is 716. The molecule has 1 aromatic heterocycles. The molecule has 0 bridgehead atoms. The molecule has 0 atom stereocenters. The predicted octanol–water partition coefficient (Wildman–Crippen LogP) is 4.28. The monoisotopic (exact) mass is 343 g/mol. The number of aromatic nitrogens is 1. The van der Waals surface area contributed by atoms with E-state index in [1.165, 1.54) is 32.1 Å². The average molecular weight is 343 g/mol. The van der Waals surface area contributed by atoms with Gasteiger partial charge in [-0.05, 0) is 37.5 Å². The van der Waals surface area contributed by atoms with Crippen LogP contribution in [0.2, 0.25) is 0 Å². The van der Waals surface area contributed by atoms with Gasteiger partial charge in [0, 0.05) is 12.3 Å². The number of benzene rings is 1. The summed E-state index contributed by atoms with van der Waals surface area (Å²) in [6.45, 7) is 2.45.